The molecule has 0 saturated carbocycles. The van der Waals surface area contributed by atoms with Crippen LogP contribution in [0.3, 0.4) is 0 Å². The molecule has 10 heteroatoms. The molecule has 6 nitrogen and oxygen atoms in total. The first-order valence-corrected chi connectivity index (χ1v) is 11.1. The summed E-state index contributed by atoms with van der Waals surface area (Å²) in [5.74, 6) is -0.808. The third-order valence-corrected chi connectivity index (χ3v) is 5.87. The van der Waals surface area contributed by atoms with Crippen molar-refractivity contribution < 1.29 is 23.1 Å². The summed E-state index contributed by atoms with van der Waals surface area (Å²) in [5.41, 5.74) is 2.15. The van der Waals surface area contributed by atoms with E-state index in [-0.39, 0.29) is 29.3 Å². The summed E-state index contributed by atoms with van der Waals surface area (Å²) < 4.78 is 41.4. The Kier molecular flexibility index (Phi) is 5.93. The Morgan fingerprint density at radius 3 is 2.44 bits per heavy atom. The number of halogens is 4. The van der Waals surface area contributed by atoms with Crippen LogP contribution in [0, 0.1) is 0 Å². The zero-order chi connectivity index (χ0) is 25.4. The van der Waals surface area contributed by atoms with E-state index in [1.165, 1.54) is 30.3 Å². The zero-order valence-corrected chi connectivity index (χ0v) is 19.1. The van der Waals surface area contributed by atoms with E-state index < -0.39 is 17.7 Å². The number of nitrogens with zero attached hydrogens (tertiary/aromatic N) is 3. The van der Waals surface area contributed by atoms with E-state index >= 15 is 0 Å². The second kappa shape index (κ2) is 9.09. The van der Waals surface area contributed by atoms with Crippen molar-refractivity contribution in [1.82, 2.24) is 9.97 Å². The minimum atomic E-state index is -4.57. The lowest BCUT2D eigenvalue weighted by Gasteiger charge is -2.16. The van der Waals surface area contributed by atoms with Crippen LogP contribution in [0.4, 0.5) is 24.8 Å². The van der Waals surface area contributed by atoms with Crippen LogP contribution in [-0.4, -0.2) is 26.8 Å². The molecule has 0 bridgehead atoms. The number of alkyl halides is 3. The molecular formula is C26H16ClF3N4O2. The van der Waals surface area contributed by atoms with Gasteiger partial charge in [-0.3, -0.25) is 4.99 Å². The van der Waals surface area contributed by atoms with E-state index in [1.807, 2.05) is 0 Å². The van der Waals surface area contributed by atoms with Gasteiger partial charge < -0.3 is 10.4 Å². The Balaban J connectivity index is 1.59. The van der Waals surface area contributed by atoms with E-state index in [0.29, 0.717) is 33.1 Å². The van der Waals surface area contributed by atoms with Gasteiger partial charge in [0.2, 0.25) is 5.95 Å². The fourth-order valence-electron chi connectivity index (χ4n) is 3.98. The molecular weight excluding hydrogens is 493 g/mol. The molecule has 1 aromatic heterocycles. The van der Waals surface area contributed by atoms with Crippen molar-refractivity contribution in [2.75, 3.05) is 5.32 Å². The van der Waals surface area contributed by atoms with Crippen LogP contribution in [-0.2, 0) is 12.7 Å². The molecule has 3 aromatic carbocycles. The predicted molar refractivity (Wildman–Crippen MR) is 130 cm³/mol. The number of anilines is 2. The molecule has 2 heterocycles. The third kappa shape index (κ3) is 4.52. The summed E-state index contributed by atoms with van der Waals surface area (Å²) >= 11 is 6.25. The predicted octanol–water partition coefficient (Wildman–Crippen LogP) is 6.61. The summed E-state index contributed by atoms with van der Waals surface area (Å²) in [6, 6.07) is 16.3. The van der Waals surface area contributed by atoms with Gasteiger partial charge in [0.05, 0.1) is 29.1 Å². The molecule has 0 amide bonds. The SMILES string of the molecule is O=C(O)c1ccc(Nc2ncc3c(n2)-c2ccc(Cl)cc2C(c2ccccc2C(F)(F)F)=NC3)cc1. The Labute approximate surface area is 208 Å². The maximum absolute atomic E-state index is 13.8. The van der Waals surface area contributed by atoms with Crippen LogP contribution < -0.4 is 5.32 Å². The summed E-state index contributed by atoms with van der Waals surface area (Å²) in [6.07, 6.45) is -3.00. The molecule has 0 atom stereocenters. The van der Waals surface area contributed by atoms with Gasteiger partial charge in [0, 0.05) is 39.2 Å². The van der Waals surface area contributed by atoms with Gasteiger partial charge in [-0.2, -0.15) is 13.2 Å². The van der Waals surface area contributed by atoms with Gasteiger partial charge in [0.1, 0.15) is 0 Å². The van der Waals surface area contributed by atoms with E-state index in [9.17, 15) is 18.0 Å². The highest BCUT2D eigenvalue weighted by molar-refractivity contribution is 6.31. The number of benzene rings is 3. The number of rotatable bonds is 4. The number of carboxylic acid groups (broad SMARTS) is 1. The van der Waals surface area contributed by atoms with Crippen molar-refractivity contribution in [2.45, 2.75) is 12.7 Å². The molecule has 0 saturated heterocycles. The molecule has 0 fully saturated rings. The van der Waals surface area contributed by atoms with E-state index in [0.717, 1.165) is 6.07 Å². The maximum atomic E-state index is 13.8. The average Bonchev–Trinajstić information content (AvgIpc) is 3.00. The Morgan fingerprint density at radius 2 is 1.72 bits per heavy atom. The molecule has 0 aliphatic carbocycles. The van der Waals surface area contributed by atoms with E-state index in [1.54, 1.807) is 36.5 Å². The first-order chi connectivity index (χ1) is 17.2. The number of nitrogens with one attached hydrogen (secondary N) is 1. The minimum Gasteiger partial charge on any atom is -0.478 e. The average molecular weight is 509 g/mol. The molecule has 4 aromatic rings. The van der Waals surface area contributed by atoms with Crippen molar-refractivity contribution in [2.24, 2.45) is 4.99 Å². The lowest BCUT2D eigenvalue weighted by molar-refractivity contribution is -0.137. The summed E-state index contributed by atoms with van der Waals surface area (Å²) in [5, 5.41) is 12.4. The van der Waals surface area contributed by atoms with Crippen molar-refractivity contribution in [3.63, 3.8) is 0 Å². The number of aromatic nitrogens is 2. The largest absolute Gasteiger partial charge is 0.478 e. The van der Waals surface area contributed by atoms with Crippen LogP contribution in [0.15, 0.2) is 77.9 Å². The van der Waals surface area contributed by atoms with Crippen molar-refractivity contribution >= 4 is 34.9 Å². The quantitative estimate of drug-likeness (QED) is 0.324. The van der Waals surface area contributed by atoms with Gasteiger partial charge in [0.15, 0.2) is 0 Å². The number of hydrogen-bond donors (Lipinski definition) is 2. The van der Waals surface area contributed by atoms with Crippen molar-refractivity contribution in [3.05, 3.63) is 106 Å². The molecule has 5 rings (SSSR count). The minimum absolute atomic E-state index is 0.0499. The number of hydrogen-bond acceptors (Lipinski definition) is 5. The molecule has 36 heavy (non-hydrogen) atoms. The number of carboxylic acids is 1. The summed E-state index contributed by atoms with van der Waals surface area (Å²) in [7, 11) is 0. The summed E-state index contributed by atoms with van der Waals surface area (Å²) in [4.78, 5) is 24.6. The number of aromatic carboxylic acids is 1. The van der Waals surface area contributed by atoms with Crippen LogP contribution in [0.5, 0.6) is 0 Å². The normalized spacial score (nSPS) is 12.7. The second-order valence-corrected chi connectivity index (χ2v) is 8.41. The van der Waals surface area contributed by atoms with Gasteiger partial charge in [-0.25, -0.2) is 14.8 Å². The molecule has 1 aliphatic heterocycles. The molecule has 0 spiro atoms. The molecule has 1 aliphatic rings. The zero-order valence-electron chi connectivity index (χ0n) is 18.3. The maximum Gasteiger partial charge on any atom is 0.417 e. The number of aliphatic imine (C=N–C) groups is 1. The Bertz CT molecular complexity index is 1520. The highest BCUT2D eigenvalue weighted by Gasteiger charge is 2.35. The van der Waals surface area contributed by atoms with Crippen LogP contribution in [0.1, 0.15) is 32.6 Å². The van der Waals surface area contributed by atoms with Crippen LogP contribution in [0.25, 0.3) is 11.3 Å². The lowest BCUT2D eigenvalue weighted by Crippen LogP contribution is -2.15. The third-order valence-electron chi connectivity index (χ3n) is 5.64. The first-order valence-electron chi connectivity index (χ1n) is 10.7. The van der Waals surface area contributed by atoms with Crippen molar-refractivity contribution in [1.29, 1.82) is 0 Å². The second-order valence-electron chi connectivity index (χ2n) is 7.97. The van der Waals surface area contributed by atoms with Gasteiger partial charge in [-0.05, 0) is 42.5 Å². The van der Waals surface area contributed by atoms with Gasteiger partial charge in [0.25, 0.3) is 0 Å². The van der Waals surface area contributed by atoms with Crippen molar-refractivity contribution in [3.8, 4) is 11.3 Å². The topological polar surface area (TPSA) is 87.5 Å². The fourth-order valence-corrected chi connectivity index (χ4v) is 4.15. The standard InChI is InChI=1S/C26H16ClF3N4O2/c27-16-7-10-18-20(11-16)23(19-3-1-2-4-21(19)26(28,29)30)31-12-15-13-32-25(34-22(15)18)33-17-8-5-14(6-9-17)24(35)36/h1-11,13H,12H2,(H,35,36)(H,32,33,34). The summed E-state index contributed by atoms with van der Waals surface area (Å²) in [6.45, 7) is 0.0662. The monoisotopic (exact) mass is 508 g/mol. The molecule has 0 radical (unpaired) electrons. The Hall–Kier alpha value is -4.24. The lowest BCUT2D eigenvalue weighted by atomic mass is 9.92. The number of fused-ring (bicyclic) bond motifs is 3. The van der Waals surface area contributed by atoms with Gasteiger partial charge in [-0.1, -0.05) is 35.9 Å². The fraction of sp³-hybridized carbons (Fsp3) is 0.0769. The highest BCUT2D eigenvalue weighted by atomic mass is 35.5. The van der Waals surface area contributed by atoms with E-state index in [2.05, 4.69) is 20.3 Å². The first kappa shape index (κ1) is 23.5. The molecule has 180 valence electrons. The number of carbonyl (C=O) groups is 1. The van der Waals surface area contributed by atoms with Crippen LogP contribution in [0.2, 0.25) is 5.02 Å². The highest BCUT2D eigenvalue weighted by Crippen LogP contribution is 2.37. The van der Waals surface area contributed by atoms with Gasteiger partial charge in [-0.15, -0.1) is 0 Å². The van der Waals surface area contributed by atoms with E-state index in [4.69, 9.17) is 16.7 Å². The van der Waals surface area contributed by atoms with Crippen LogP contribution >= 0.6 is 11.6 Å². The smallest absolute Gasteiger partial charge is 0.417 e. The van der Waals surface area contributed by atoms with Gasteiger partial charge >= 0.3 is 12.1 Å². The Morgan fingerprint density at radius 1 is 0.972 bits per heavy atom. The molecule has 0 unspecified atom stereocenters. The molecule has 2 N–H and O–H groups in total.